The highest BCUT2D eigenvalue weighted by atomic mass is 16.5. The molecule has 0 aromatic heterocycles. The average Bonchev–Trinajstić information content (AvgIpc) is 2.25. The van der Waals surface area contributed by atoms with Gasteiger partial charge in [-0.3, -0.25) is 4.79 Å². The Hall–Kier alpha value is -1.51. The zero-order valence-corrected chi connectivity index (χ0v) is 10.8. The summed E-state index contributed by atoms with van der Waals surface area (Å²) in [5.41, 5.74) is 2.20. The molecule has 1 fully saturated rings. The van der Waals surface area contributed by atoms with Gasteiger partial charge in [-0.2, -0.15) is 0 Å². The van der Waals surface area contributed by atoms with Gasteiger partial charge < -0.3 is 9.84 Å². The average molecular weight is 248 g/mol. The monoisotopic (exact) mass is 248 g/mol. The van der Waals surface area contributed by atoms with Crippen LogP contribution in [-0.4, -0.2) is 17.7 Å². The summed E-state index contributed by atoms with van der Waals surface area (Å²) < 4.78 is 5.76. The number of hydrogen-bond acceptors (Lipinski definition) is 2. The van der Waals surface area contributed by atoms with Crippen LogP contribution in [0.4, 0.5) is 0 Å². The van der Waals surface area contributed by atoms with Crippen LogP contribution in [0.3, 0.4) is 0 Å². The van der Waals surface area contributed by atoms with Crippen LogP contribution in [0.25, 0.3) is 0 Å². The van der Waals surface area contributed by atoms with E-state index < -0.39 is 5.97 Å². The number of aryl methyl sites for hydroxylation is 2. The highest BCUT2D eigenvalue weighted by Crippen LogP contribution is 2.27. The third-order valence-corrected chi connectivity index (χ3v) is 3.63. The first-order valence-electron chi connectivity index (χ1n) is 6.59. The van der Waals surface area contributed by atoms with E-state index in [0.29, 0.717) is 6.42 Å². The van der Waals surface area contributed by atoms with Crippen LogP contribution in [0.1, 0.15) is 36.8 Å². The highest BCUT2D eigenvalue weighted by molar-refractivity contribution is 5.67. The first kappa shape index (κ1) is 12.9. The lowest BCUT2D eigenvalue weighted by Crippen LogP contribution is -2.19. The van der Waals surface area contributed by atoms with Crippen molar-refractivity contribution >= 4 is 5.97 Å². The van der Waals surface area contributed by atoms with Crippen LogP contribution in [0.5, 0.6) is 5.75 Å². The summed E-state index contributed by atoms with van der Waals surface area (Å²) >= 11 is 0. The Bertz CT molecular complexity index is 422. The molecule has 1 aromatic rings. The van der Waals surface area contributed by atoms with Gasteiger partial charge in [0.15, 0.2) is 0 Å². The van der Waals surface area contributed by atoms with E-state index in [2.05, 4.69) is 0 Å². The first-order valence-corrected chi connectivity index (χ1v) is 6.59. The molecule has 98 valence electrons. The quantitative estimate of drug-likeness (QED) is 0.841. The van der Waals surface area contributed by atoms with Crippen LogP contribution < -0.4 is 4.74 Å². The van der Waals surface area contributed by atoms with Gasteiger partial charge in [0.05, 0.1) is 6.61 Å². The van der Waals surface area contributed by atoms with Crippen molar-refractivity contribution in [2.75, 3.05) is 6.61 Å². The molecule has 2 rings (SSSR count). The molecule has 3 heteroatoms. The Kier molecular flexibility index (Phi) is 4.24. The molecule has 0 spiro atoms. The second kappa shape index (κ2) is 5.89. The van der Waals surface area contributed by atoms with E-state index in [0.717, 1.165) is 29.4 Å². The van der Waals surface area contributed by atoms with Crippen molar-refractivity contribution in [1.82, 2.24) is 0 Å². The van der Waals surface area contributed by atoms with Gasteiger partial charge >= 0.3 is 5.97 Å². The summed E-state index contributed by atoms with van der Waals surface area (Å²) in [6, 6.07) is 5.94. The molecular formula is C15H20O3. The van der Waals surface area contributed by atoms with Crippen LogP contribution >= 0.6 is 0 Å². The lowest BCUT2D eigenvalue weighted by molar-refractivity contribution is -0.136. The molecular weight excluding hydrogens is 228 g/mol. The van der Waals surface area contributed by atoms with Gasteiger partial charge in [0.25, 0.3) is 0 Å². The molecule has 0 unspecified atom stereocenters. The van der Waals surface area contributed by atoms with Gasteiger partial charge in [-0.1, -0.05) is 12.5 Å². The van der Waals surface area contributed by atoms with E-state index in [4.69, 9.17) is 9.84 Å². The van der Waals surface area contributed by atoms with Crippen molar-refractivity contribution in [3.63, 3.8) is 0 Å². The van der Waals surface area contributed by atoms with Crippen molar-refractivity contribution in [3.8, 4) is 5.75 Å². The van der Waals surface area contributed by atoms with Crippen LogP contribution in [0.15, 0.2) is 18.2 Å². The van der Waals surface area contributed by atoms with Crippen LogP contribution in [0, 0.1) is 12.8 Å². The van der Waals surface area contributed by atoms with E-state index in [1.165, 1.54) is 19.3 Å². The molecule has 0 radical (unpaired) electrons. The second-order valence-electron chi connectivity index (χ2n) is 5.09. The molecule has 3 nitrogen and oxygen atoms in total. The molecule has 1 saturated carbocycles. The highest BCUT2D eigenvalue weighted by Gasteiger charge is 2.17. The summed E-state index contributed by atoms with van der Waals surface area (Å²) in [4.78, 5) is 10.5. The number of benzene rings is 1. The van der Waals surface area contributed by atoms with E-state index in [-0.39, 0.29) is 6.42 Å². The first-order chi connectivity index (χ1) is 8.65. The van der Waals surface area contributed by atoms with Crippen molar-refractivity contribution < 1.29 is 14.6 Å². The predicted molar refractivity (Wildman–Crippen MR) is 70.0 cm³/mol. The predicted octanol–water partition coefficient (Wildman–Crippen LogP) is 3.19. The normalized spacial score (nSPS) is 15.2. The number of carbonyl (C=O) groups is 1. The fourth-order valence-electron chi connectivity index (χ4n) is 2.15. The maximum absolute atomic E-state index is 10.5. The smallest absolute Gasteiger partial charge is 0.303 e. The van der Waals surface area contributed by atoms with E-state index in [9.17, 15) is 4.79 Å². The Morgan fingerprint density at radius 1 is 1.44 bits per heavy atom. The molecule has 0 heterocycles. The number of carboxylic acid groups (broad SMARTS) is 1. The van der Waals surface area contributed by atoms with Gasteiger partial charge in [-0.15, -0.1) is 0 Å². The molecule has 0 bridgehead atoms. The summed E-state index contributed by atoms with van der Waals surface area (Å²) in [6.45, 7) is 2.82. The van der Waals surface area contributed by atoms with Crippen molar-refractivity contribution in [2.24, 2.45) is 5.92 Å². The van der Waals surface area contributed by atoms with Gasteiger partial charge in [0.1, 0.15) is 5.75 Å². The van der Waals surface area contributed by atoms with Gasteiger partial charge in [0.2, 0.25) is 0 Å². The van der Waals surface area contributed by atoms with Crippen molar-refractivity contribution in [3.05, 3.63) is 29.3 Å². The van der Waals surface area contributed by atoms with E-state index in [1.807, 2.05) is 25.1 Å². The number of hydrogen-bond donors (Lipinski definition) is 1. The Morgan fingerprint density at radius 2 is 2.22 bits per heavy atom. The lowest BCUT2D eigenvalue weighted by Gasteiger charge is -2.25. The minimum atomic E-state index is -0.750. The molecule has 1 N–H and O–H groups in total. The maximum atomic E-state index is 10.5. The van der Waals surface area contributed by atoms with Gasteiger partial charge in [0, 0.05) is 6.42 Å². The molecule has 0 saturated heterocycles. The third-order valence-electron chi connectivity index (χ3n) is 3.63. The van der Waals surface area contributed by atoms with E-state index in [1.54, 1.807) is 0 Å². The molecule has 1 aliphatic carbocycles. The Balaban J connectivity index is 1.89. The zero-order chi connectivity index (χ0) is 13.0. The van der Waals surface area contributed by atoms with Crippen LogP contribution in [-0.2, 0) is 11.2 Å². The van der Waals surface area contributed by atoms with Crippen molar-refractivity contribution in [2.45, 2.75) is 39.0 Å². The molecule has 0 atom stereocenters. The Labute approximate surface area is 108 Å². The molecule has 1 aromatic carbocycles. The molecule has 0 amide bonds. The summed E-state index contributed by atoms with van der Waals surface area (Å²) in [7, 11) is 0. The molecule has 0 aliphatic heterocycles. The largest absolute Gasteiger partial charge is 0.493 e. The Morgan fingerprint density at radius 3 is 2.78 bits per heavy atom. The SMILES string of the molecule is Cc1cc(OCC2CCC2)ccc1CCC(=O)O. The van der Waals surface area contributed by atoms with E-state index >= 15 is 0 Å². The summed E-state index contributed by atoms with van der Waals surface area (Å²) in [6.07, 6.45) is 4.68. The fraction of sp³-hybridized carbons (Fsp3) is 0.533. The number of aliphatic carboxylic acids is 1. The number of carboxylic acids is 1. The zero-order valence-electron chi connectivity index (χ0n) is 10.8. The lowest BCUT2D eigenvalue weighted by atomic mass is 9.86. The number of ether oxygens (including phenoxy) is 1. The van der Waals surface area contributed by atoms with Crippen LogP contribution in [0.2, 0.25) is 0 Å². The molecule has 1 aliphatic rings. The standard InChI is InChI=1S/C15H20O3/c1-11-9-14(18-10-12-3-2-4-12)7-5-13(11)6-8-15(16)17/h5,7,9,12H,2-4,6,8,10H2,1H3,(H,16,17). The summed E-state index contributed by atoms with van der Waals surface area (Å²) in [5, 5.41) is 8.67. The van der Waals surface area contributed by atoms with Gasteiger partial charge in [-0.25, -0.2) is 0 Å². The fourth-order valence-corrected chi connectivity index (χ4v) is 2.15. The topological polar surface area (TPSA) is 46.5 Å². The number of rotatable bonds is 6. The minimum Gasteiger partial charge on any atom is -0.493 e. The third kappa shape index (κ3) is 3.49. The molecule has 18 heavy (non-hydrogen) atoms. The summed E-state index contributed by atoms with van der Waals surface area (Å²) in [5.74, 6) is 0.884. The van der Waals surface area contributed by atoms with Gasteiger partial charge in [-0.05, 0) is 55.4 Å². The minimum absolute atomic E-state index is 0.184. The maximum Gasteiger partial charge on any atom is 0.303 e. The van der Waals surface area contributed by atoms with Crippen molar-refractivity contribution in [1.29, 1.82) is 0 Å². The second-order valence-corrected chi connectivity index (χ2v) is 5.09.